The highest BCUT2D eigenvalue weighted by atomic mass is 35.5. The molecule has 3 amide bonds. The van der Waals surface area contributed by atoms with Gasteiger partial charge in [0.05, 0.1) is 23.6 Å². The van der Waals surface area contributed by atoms with Gasteiger partial charge in [0, 0.05) is 17.0 Å². The molecule has 1 N–H and O–H groups in total. The molecule has 1 fully saturated rings. The summed E-state index contributed by atoms with van der Waals surface area (Å²) in [6.07, 6.45) is 4.27. The molecule has 0 bridgehead atoms. The zero-order chi connectivity index (χ0) is 22.1. The second-order valence-electron chi connectivity index (χ2n) is 8.62. The number of nitrogens with one attached hydrogen (secondary N) is 1. The van der Waals surface area contributed by atoms with Crippen LogP contribution in [0.25, 0.3) is 0 Å². The van der Waals surface area contributed by atoms with Gasteiger partial charge in [-0.05, 0) is 62.4 Å². The molecule has 2 aliphatic rings. The highest BCUT2D eigenvalue weighted by Crippen LogP contribution is 2.40. The van der Waals surface area contributed by atoms with Gasteiger partial charge < -0.3 is 10.2 Å². The Bertz CT molecular complexity index is 991. The number of fused-ring (bicyclic) bond motifs is 1. The smallest absolute Gasteiger partial charge is 0.315 e. The lowest BCUT2D eigenvalue weighted by Gasteiger charge is -2.44. The lowest BCUT2D eigenvalue weighted by Crippen LogP contribution is -2.52. The number of anilines is 3. The number of amides is 3. The molecular formula is C24H29ClN4O2. The summed E-state index contributed by atoms with van der Waals surface area (Å²) in [5.74, 6) is 0.895. The molecule has 1 unspecified atom stereocenters. The van der Waals surface area contributed by atoms with E-state index in [0.717, 1.165) is 30.6 Å². The number of aromatic nitrogens is 1. The molecule has 6 nitrogen and oxygen atoms in total. The molecule has 0 spiro atoms. The highest BCUT2D eigenvalue weighted by molar-refractivity contribution is 6.31. The minimum absolute atomic E-state index is 0.0479. The van der Waals surface area contributed by atoms with E-state index < -0.39 is 0 Å². The maximum absolute atomic E-state index is 13.6. The summed E-state index contributed by atoms with van der Waals surface area (Å²) in [5.41, 5.74) is 2.21. The normalized spacial score (nSPS) is 18.3. The van der Waals surface area contributed by atoms with Gasteiger partial charge in [0.25, 0.3) is 0 Å². The molecule has 7 heteroatoms. The molecule has 31 heavy (non-hydrogen) atoms. The van der Waals surface area contributed by atoms with Crippen molar-refractivity contribution in [1.29, 1.82) is 0 Å². The Kier molecular flexibility index (Phi) is 6.19. The molecule has 2 heterocycles. The number of rotatable bonds is 6. The van der Waals surface area contributed by atoms with Gasteiger partial charge in [-0.15, -0.1) is 0 Å². The topological polar surface area (TPSA) is 65.5 Å². The van der Waals surface area contributed by atoms with Crippen LogP contribution in [0.5, 0.6) is 0 Å². The quantitative estimate of drug-likeness (QED) is 0.600. The van der Waals surface area contributed by atoms with Crippen molar-refractivity contribution in [3.8, 4) is 0 Å². The van der Waals surface area contributed by atoms with Crippen LogP contribution >= 0.6 is 11.6 Å². The lowest BCUT2D eigenvalue weighted by molar-refractivity contribution is -0.119. The first-order valence-corrected chi connectivity index (χ1v) is 11.4. The van der Waals surface area contributed by atoms with Gasteiger partial charge in [-0.3, -0.25) is 9.69 Å². The van der Waals surface area contributed by atoms with Crippen molar-refractivity contribution in [2.75, 3.05) is 10.2 Å². The van der Waals surface area contributed by atoms with Crippen molar-refractivity contribution >= 4 is 40.7 Å². The van der Waals surface area contributed by atoms with Crippen LogP contribution in [0.15, 0.2) is 36.4 Å². The maximum Gasteiger partial charge on any atom is 0.329 e. The van der Waals surface area contributed by atoms with Crippen molar-refractivity contribution in [2.24, 2.45) is 11.8 Å². The average Bonchev–Trinajstić information content (AvgIpc) is 2.71. The van der Waals surface area contributed by atoms with Gasteiger partial charge in [-0.2, -0.15) is 0 Å². The van der Waals surface area contributed by atoms with Crippen molar-refractivity contribution < 1.29 is 9.59 Å². The van der Waals surface area contributed by atoms with E-state index in [0.29, 0.717) is 29.0 Å². The third-order valence-electron chi connectivity index (χ3n) is 6.65. The fraction of sp³-hybridized carbons (Fsp3) is 0.458. The Morgan fingerprint density at radius 3 is 2.68 bits per heavy atom. The number of hydrogen-bond donors (Lipinski definition) is 1. The average molecular weight is 441 g/mol. The summed E-state index contributed by atoms with van der Waals surface area (Å²) < 4.78 is 0. The number of nitrogens with zero attached hydrogens (tertiary/aromatic N) is 3. The van der Waals surface area contributed by atoms with Crippen molar-refractivity contribution in [2.45, 2.75) is 59.0 Å². The van der Waals surface area contributed by atoms with Crippen molar-refractivity contribution in [3.63, 3.8) is 0 Å². The van der Waals surface area contributed by atoms with Crippen LogP contribution in [-0.4, -0.2) is 27.9 Å². The Morgan fingerprint density at radius 2 is 2.03 bits per heavy atom. The molecule has 2 atom stereocenters. The fourth-order valence-corrected chi connectivity index (χ4v) is 4.32. The summed E-state index contributed by atoms with van der Waals surface area (Å²) in [4.78, 5) is 34.3. The number of hydrogen-bond acceptors (Lipinski definition) is 3. The molecule has 1 aromatic carbocycles. The lowest BCUT2D eigenvalue weighted by atomic mass is 9.79. The summed E-state index contributed by atoms with van der Waals surface area (Å²) >= 11 is 6.23. The number of carbonyl (C=O) groups excluding carboxylic acids is 2. The van der Waals surface area contributed by atoms with E-state index >= 15 is 0 Å². The van der Waals surface area contributed by atoms with Crippen molar-refractivity contribution in [3.05, 3.63) is 47.1 Å². The van der Waals surface area contributed by atoms with Gasteiger partial charge in [-0.25, -0.2) is 9.78 Å². The standard InChI is InChI=1S/C24H29ClN4O2/c1-4-15(2)23(30)27-22-12-11-21-20(26-22)14-28(16(3)17-7-5-8-17)24(31)29(21)19-10-6-9-18(25)13-19/h6,9-13,15-17H,4-5,7-8,14H2,1-3H3,(H,26,27,30)/t15-,16?/m1/s1. The zero-order valence-electron chi connectivity index (χ0n) is 18.3. The Balaban J connectivity index is 1.72. The summed E-state index contributed by atoms with van der Waals surface area (Å²) in [7, 11) is 0. The molecule has 1 aromatic heterocycles. The second-order valence-corrected chi connectivity index (χ2v) is 9.05. The van der Waals surface area contributed by atoms with Crippen LogP contribution in [0.4, 0.5) is 22.0 Å². The minimum Gasteiger partial charge on any atom is -0.315 e. The predicted molar refractivity (Wildman–Crippen MR) is 124 cm³/mol. The Labute approximate surface area is 188 Å². The van der Waals surface area contributed by atoms with Crippen LogP contribution in [0.3, 0.4) is 0 Å². The molecule has 164 valence electrons. The van der Waals surface area contributed by atoms with Crippen LogP contribution in [0.1, 0.15) is 52.1 Å². The minimum atomic E-state index is -0.0856. The van der Waals surface area contributed by atoms with Crippen molar-refractivity contribution in [1.82, 2.24) is 9.88 Å². The third-order valence-corrected chi connectivity index (χ3v) is 6.88. The zero-order valence-corrected chi connectivity index (χ0v) is 19.0. The van der Waals surface area contributed by atoms with Crippen LogP contribution in [0, 0.1) is 11.8 Å². The number of benzene rings is 1. The predicted octanol–water partition coefficient (Wildman–Crippen LogP) is 5.98. The molecule has 1 aliphatic carbocycles. The van der Waals surface area contributed by atoms with E-state index in [4.69, 9.17) is 16.6 Å². The van der Waals surface area contributed by atoms with Gasteiger partial charge in [-0.1, -0.05) is 37.9 Å². The van der Waals surface area contributed by atoms with Gasteiger partial charge in [0.1, 0.15) is 5.82 Å². The van der Waals surface area contributed by atoms with Gasteiger partial charge in [0.15, 0.2) is 0 Å². The first-order chi connectivity index (χ1) is 14.9. The van der Waals surface area contributed by atoms with Gasteiger partial charge in [0.2, 0.25) is 5.91 Å². The van der Waals surface area contributed by atoms with Crippen LogP contribution in [-0.2, 0) is 11.3 Å². The molecule has 4 rings (SSSR count). The summed E-state index contributed by atoms with van der Waals surface area (Å²) in [6.45, 7) is 6.43. The van der Waals surface area contributed by atoms with E-state index in [1.54, 1.807) is 23.1 Å². The first-order valence-electron chi connectivity index (χ1n) is 11.1. The number of urea groups is 1. The summed E-state index contributed by atoms with van der Waals surface area (Å²) in [5, 5.41) is 3.48. The maximum atomic E-state index is 13.6. The number of pyridine rings is 1. The second kappa shape index (κ2) is 8.87. The monoisotopic (exact) mass is 440 g/mol. The van der Waals surface area contributed by atoms with E-state index in [-0.39, 0.29) is 23.9 Å². The van der Waals surface area contributed by atoms with Gasteiger partial charge >= 0.3 is 6.03 Å². The number of halogens is 1. The fourth-order valence-electron chi connectivity index (χ4n) is 4.14. The van der Waals surface area contributed by atoms with E-state index in [9.17, 15) is 9.59 Å². The molecular weight excluding hydrogens is 412 g/mol. The van der Waals surface area contributed by atoms with E-state index in [2.05, 4.69) is 12.2 Å². The third kappa shape index (κ3) is 4.26. The molecule has 0 saturated heterocycles. The van der Waals surface area contributed by atoms with Crippen LogP contribution < -0.4 is 10.2 Å². The molecule has 0 radical (unpaired) electrons. The SMILES string of the molecule is CC[C@@H](C)C(=O)Nc1ccc2c(n1)CN(C(C)C1CCC1)C(=O)N2c1cccc(Cl)c1. The molecule has 2 aromatic rings. The van der Waals surface area contributed by atoms with E-state index in [1.165, 1.54) is 6.42 Å². The van der Waals surface area contributed by atoms with Crippen LogP contribution in [0.2, 0.25) is 5.02 Å². The highest BCUT2D eigenvalue weighted by Gasteiger charge is 2.39. The Morgan fingerprint density at radius 1 is 1.26 bits per heavy atom. The molecule has 1 aliphatic heterocycles. The van der Waals surface area contributed by atoms with E-state index in [1.807, 2.05) is 36.9 Å². The molecule has 1 saturated carbocycles. The largest absolute Gasteiger partial charge is 0.329 e. The summed E-state index contributed by atoms with van der Waals surface area (Å²) in [6, 6.07) is 11.0. The first kappa shape index (κ1) is 21.6. The Hall–Kier alpha value is -2.60. The number of carbonyl (C=O) groups is 2.